The third kappa shape index (κ3) is 4.22. The van der Waals surface area contributed by atoms with E-state index in [1.807, 2.05) is 13.8 Å². The average molecular weight is 281 g/mol. The van der Waals surface area contributed by atoms with Gasteiger partial charge in [-0.05, 0) is 32.0 Å². The summed E-state index contributed by atoms with van der Waals surface area (Å²) in [5, 5.41) is 2.57. The van der Waals surface area contributed by atoms with E-state index in [1.54, 1.807) is 4.90 Å². The second kappa shape index (κ2) is 7.47. The van der Waals surface area contributed by atoms with Crippen molar-refractivity contribution >= 4 is 17.5 Å². The Hall–Kier alpha value is -2.11. The van der Waals surface area contributed by atoms with E-state index in [0.29, 0.717) is 13.1 Å². The first-order chi connectivity index (χ1) is 9.49. The van der Waals surface area contributed by atoms with Crippen molar-refractivity contribution in [2.75, 3.05) is 25.4 Å². The molecule has 0 bridgehead atoms. The number of rotatable bonds is 6. The number of hydrogen-bond donors (Lipinski definition) is 2. The highest BCUT2D eigenvalue weighted by Crippen LogP contribution is 2.12. The molecular formula is C14H20FN3O2. The molecule has 1 rings (SSSR count). The van der Waals surface area contributed by atoms with Crippen LogP contribution in [0.25, 0.3) is 0 Å². The number of carbonyl (C=O) groups is 2. The maximum Gasteiger partial charge on any atom is 0.253 e. The van der Waals surface area contributed by atoms with Crippen molar-refractivity contribution in [2.45, 2.75) is 20.3 Å². The highest BCUT2D eigenvalue weighted by molar-refractivity contribution is 5.99. The number of hydrogen-bond acceptors (Lipinski definition) is 3. The smallest absolute Gasteiger partial charge is 0.253 e. The molecule has 0 aliphatic carbocycles. The highest BCUT2D eigenvalue weighted by Gasteiger charge is 2.13. The van der Waals surface area contributed by atoms with Crippen LogP contribution in [0.15, 0.2) is 18.2 Å². The molecule has 0 heterocycles. The lowest BCUT2D eigenvalue weighted by molar-refractivity contribution is -0.130. The molecule has 110 valence electrons. The van der Waals surface area contributed by atoms with E-state index in [1.165, 1.54) is 12.1 Å². The molecule has 0 spiro atoms. The minimum Gasteiger partial charge on any atom is -0.398 e. The molecular weight excluding hydrogens is 261 g/mol. The van der Waals surface area contributed by atoms with Gasteiger partial charge in [-0.15, -0.1) is 0 Å². The van der Waals surface area contributed by atoms with Gasteiger partial charge in [0.05, 0.1) is 5.56 Å². The molecule has 1 aromatic carbocycles. The van der Waals surface area contributed by atoms with Gasteiger partial charge in [-0.25, -0.2) is 4.39 Å². The second-order valence-electron chi connectivity index (χ2n) is 4.30. The van der Waals surface area contributed by atoms with E-state index < -0.39 is 11.7 Å². The second-order valence-corrected chi connectivity index (χ2v) is 4.30. The third-order valence-corrected chi connectivity index (χ3v) is 3.00. The van der Waals surface area contributed by atoms with Crippen molar-refractivity contribution in [2.24, 2.45) is 0 Å². The van der Waals surface area contributed by atoms with Crippen molar-refractivity contribution in [3.8, 4) is 0 Å². The molecule has 0 atom stereocenters. The lowest BCUT2D eigenvalue weighted by Crippen LogP contribution is -2.34. The van der Waals surface area contributed by atoms with E-state index in [4.69, 9.17) is 5.73 Å². The van der Waals surface area contributed by atoms with Crippen molar-refractivity contribution in [3.05, 3.63) is 29.6 Å². The van der Waals surface area contributed by atoms with Gasteiger partial charge < -0.3 is 16.0 Å². The largest absolute Gasteiger partial charge is 0.398 e. The summed E-state index contributed by atoms with van der Waals surface area (Å²) in [4.78, 5) is 25.2. The Balaban J connectivity index is 2.52. The van der Waals surface area contributed by atoms with Crippen LogP contribution in [-0.2, 0) is 4.79 Å². The minimum absolute atomic E-state index is 0.0254. The van der Waals surface area contributed by atoms with Gasteiger partial charge in [0, 0.05) is 31.7 Å². The Labute approximate surface area is 117 Å². The molecule has 5 nitrogen and oxygen atoms in total. The zero-order valence-corrected chi connectivity index (χ0v) is 11.8. The topological polar surface area (TPSA) is 75.4 Å². The van der Waals surface area contributed by atoms with Crippen LogP contribution in [0.3, 0.4) is 0 Å². The first kappa shape index (κ1) is 15.9. The molecule has 0 aromatic heterocycles. The first-order valence-electron chi connectivity index (χ1n) is 6.60. The zero-order valence-electron chi connectivity index (χ0n) is 11.8. The molecule has 0 saturated heterocycles. The van der Waals surface area contributed by atoms with E-state index in [-0.39, 0.29) is 30.1 Å². The van der Waals surface area contributed by atoms with E-state index in [0.717, 1.165) is 6.07 Å². The maximum atomic E-state index is 13.1. The van der Waals surface area contributed by atoms with Gasteiger partial charge in [-0.2, -0.15) is 0 Å². The Morgan fingerprint density at radius 2 is 1.95 bits per heavy atom. The molecule has 1 aromatic rings. The fourth-order valence-electron chi connectivity index (χ4n) is 1.84. The van der Waals surface area contributed by atoms with Crippen LogP contribution in [0.2, 0.25) is 0 Å². The molecule has 2 amide bonds. The summed E-state index contributed by atoms with van der Waals surface area (Å²) < 4.78 is 13.1. The summed E-state index contributed by atoms with van der Waals surface area (Å²) in [5.74, 6) is -1.03. The molecule has 6 heteroatoms. The molecule has 0 aliphatic heterocycles. The summed E-state index contributed by atoms with van der Waals surface area (Å²) in [6.45, 7) is 5.27. The van der Waals surface area contributed by atoms with Crippen molar-refractivity contribution < 1.29 is 14.0 Å². The minimum atomic E-state index is -0.524. The van der Waals surface area contributed by atoms with Gasteiger partial charge in [0.2, 0.25) is 5.91 Å². The van der Waals surface area contributed by atoms with E-state index in [2.05, 4.69) is 5.32 Å². The number of nitrogens with one attached hydrogen (secondary N) is 1. The van der Waals surface area contributed by atoms with Crippen molar-refractivity contribution in [1.82, 2.24) is 10.2 Å². The Bertz CT molecular complexity index is 487. The third-order valence-electron chi connectivity index (χ3n) is 3.00. The fraction of sp³-hybridized carbons (Fsp3) is 0.429. The zero-order chi connectivity index (χ0) is 15.1. The molecule has 0 radical (unpaired) electrons. The monoisotopic (exact) mass is 281 g/mol. The number of nitrogen functional groups attached to an aromatic ring is 1. The average Bonchev–Trinajstić information content (AvgIpc) is 2.42. The van der Waals surface area contributed by atoms with Crippen LogP contribution in [0.4, 0.5) is 10.1 Å². The van der Waals surface area contributed by atoms with Crippen molar-refractivity contribution in [1.29, 1.82) is 0 Å². The van der Waals surface area contributed by atoms with Crippen molar-refractivity contribution in [3.63, 3.8) is 0 Å². The lowest BCUT2D eigenvalue weighted by atomic mass is 10.1. The van der Waals surface area contributed by atoms with Gasteiger partial charge >= 0.3 is 0 Å². The Morgan fingerprint density at radius 1 is 1.30 bits per heavy atom. The summed E-state index contributed by atoms with van der Waals surface area (Å²) in [5.41, 5.74) is 5.90. The highest BCUT2D eigenvalue weighted by atomic mass is 19.1. The summed E-state index contributed by atoms with van der Waals surface area (Å²) in [6.07, 6.45) is 0.211. The van der Waals surface area contributed by atoms with Gasteiger partial charge in [-0.1, -0.05) is 0 Å². The molecule has 0 saturated carbocycles. The number of amides is 2. The molecule has 20 heavy (non-hydrogen) atoms. The van der Waals surface area contributed by atoms with Crippen LogP contribution in [0, 0.1) is 5.82 Å². The lowest BCUT2D eigenvalue weighted by Gasteiger charge is -2.18. The first-order valence-corrected chi connectivity index (χ1v) is 6.60. The van der Waals surface area contributed by atoms with Crippen LogP contribution in [0.1, 0.15) is 30.6 Å². The Kier molecular flexibility index (Phi) is 5.96. The molecule has 3 N–H and O–H groups in total. The van der Waals surface area contributed by atoms with Gasteiger partial charge in [0.15, 0.2) is 0 Å². The number of carbonyl (C=O) groups excluding carboxylic acids is 2. The predicted molar refractivity (Wildman–Crippen MR) is 75.7 cm³/mol. The van der Waals surface area contributed by atoms with E-state index >= 15 is 0 Å². The summed E-state index contributed by atoms with van der Waals surface area (Å²) >= 11 is 0. The van der Waals surface area contributed by atoms with Crippen LogP contribution >= 0.6 is 0 Å². The quantitative estimate of drug-likeness (QED) is 0.774. The molecule has 0 aliphatic rings. The number of benzene rings is 1. The molecule has 0 fully saturated rings. The normalized spacial score (nSPS) is 10.2. The van der Waals surface area contributed by atoms with E-state index in [9.17, 15) is 14.0 Å². The van der Waals surface area contributed by atoms with Crippen LogP contribution in [-0.4, -0.2) is 36.3 Å². The maximum absolute atomic E-state index is 13.1. The van der Waals surface area contributed by atoms with Gasteiger partial charge in [0.1, 0.15) is 5.82 Å². The fourth-order valence-corrected chi connectivity index (χ4v) is 1.84. The molecule has 0 unspecified atom stereocenters. The SMILES string of the molecule is CCN(CC)C(=O)CCNC(=O)c1cc(F)ccc1N. The number of anilines is 1. The number of nitrogens with zero attached hydrogens (tertiary/aromatic N) is 1. The summed E-state index contributed by atoms with van der Waals surface area (Å²) in [6, 6.07) is 3.61. The van der Waals surface area contributed by atoms with Crippen LogP contribution in [0.5, 0.6) is 0 Å². The Morgan fingerprint density at radius 3 is 2.55 bits per heavy atom. The van der Waals surface area contributed by atoms with Gasteiger partial charge in [-0.3, -0.25) is 9.59 Å². The number of halogens is 1. The van der Waals surface area contributed by atoms with Crippen LogP contribution < -0.4 is 11.1 Å². The summed E-state index contributed by atoms with van der Waals surface area (Å²) in [7, 11) is 0. The predicted octanol–water partition coefficient (Wildman–Crippen LogP) is 1.40. The van der Waals surface area contributed by atoms with Gasteiger partial charge in [0.25, 0.3) is 5.91 Å². The standard InChI is InChI=1S/C14H20FN3O2/c1-3-18(4-2)13(19)7-8-17-14(20)11-9-10(15)5-6-12(11)16/h5-6,9H,3-4,7-8,16H2,1-2H3,(H,17,20). The number of nitrogens with two attached hydrogens (primary N) is 1.